The minimum Gasteiger partial charge on any atom is -0.211 e. The minimum atomic E-state index is -3.67. The first kappa shape index (κ1) is 15.0. The van der Waals surface area contributed by atoms with E-state index in [1.165, 1.54) is 0 Å². The summed E-state index contributed by atoms with van der Waals surface area (Å²) in [5, 5.41) is 8.65. The van der Waals surface area contributed by atoms with Gasteiger partial charge >= 0.3 is 0 Å². The number of thioether (sulfide) groups is 1. The van der Waals surface area contributed by atoms with Gasteiger partial charge in [-0.2, -0.15) is 17.0 Å². The second kappa shape index (κ2) is 6.73. The monoisotopic (exact) mass is 288 g/mol. The van der Waals surface area contributed by atoms with Crippen LogP contribution in [0.1, 0.15) is 12.0 Å². The molecule has 7 heteroatoms. The molecule has 0 aliphatic rings. The van der Waals surface area contributed by atoms with Gasteiger partial charge in [0.05, 0.1) is 10.5 Å². The SMILES string of the molecule is CSCCCNS(=O)(=O)c1ccc(F)c(C#N)c1. The van der Waals surface area contributed by atoms with Crippen molar-refractivity contribution < 1.29 is 12.8 Å². The predicted octanol–water partition coefficient (Wildman–Crippen LogP) is 1.73. The fraction of sp³-hybridized carbons (Fsp3) is 0.364. The van der Waals surface area contributed by atoms with Crippen molar-refractivity contribution in [2.24, 2.45) is 0 Å². The predicted molar refractivity (Wildman–Crippen MR) is 69.3 cm³/mol. The molecule has 1 aromatic rings. The van der Waals surface area contributed by atoms with Crippen molar-refractivity contribution in [3.8, 4) is 6.07 Å². The van der Waals surface area contributed by atoms with E-state index in [9.17, 15) is 12.8 Å². The molecule has 18 heavy (non-hydrogen) atoms. The Morgan fingerprint density at radius 3 is 2.83 bits per heavy atom. The van der Waals surface area contributed by atoms with Crippen LogP contribution >= 0.6 is 11.8 Å². The van der Waals surface area contributed by atoms with Gasteiger partial charge in [0.15, 0.2) is 0 Å². The van der Waals surface area contributed by atoms with Crippen LogP contribution < -0.4 is 4.72 Å². The largest absolute Gasteiger partial charge is 0.240 e. The molecule has 98 valence electrons. The number of halogens is 1. The topological polar surface area (TPSA) is 70.0 Å². The van der Waals surface area contributed by atoms with E-state index in [0.717, 1.165) is 24.0 Å². The highest BCUT2D eigenvalue weighted by Crippen LogP contribution is 2.14. The van der Waals surface area contributed by atoms with E-state index < -0.39 is 15.8 Å². The van der Waals surface area contributed by atoms with Gasteiger partial charge < -0.3 is 0 Å². The summed E-state index contributed by atoms with van der Waals surface area (Å²) in [6.45, 7) is 0.322. The molecule has 0 aliphatic carbocycles. The number of nitriles is 1. The number of rotatable bonds is 6. The molecule has 0 amide bonds. The molecule has 0 aromatic heterocycles. The van der Waals surface area contributed by atoms with Crippen LogP contribution in [-0.2, 0) is 10.0 Å². The maximum Gasteiger partial charge on any atom is 0.240 e. The van der Waals surface area contributed by atoms with Crippen LogP contribution in [0.15, 0.2) is 23.1 Å². The maximum atomic E-state index is 13.1. The van der Waals surface area contributed by atoms with Gasteiger partial charge in [0.1, 0.15) is 11.9 Å². The van der Waals surface area contributed by atoms with Gasteiger partial charge in [0.2, 0.25) is 10.0 Å². The average molecular weight is 288 g/mol. The van der Waals surface area contributed by atoms with E-state index >= 15 is 0 Å². The van der Waals surface area contributed by atoms with E-state index in [-0.39, 0.29) is 10.5 Å². The molecule has 0 bridgehead atoms. The standard InChI is InChI=1S/C11H13FN2O2S2/c1-17-6-2-5-14-18(15,16)10-3-4-11(12)9(7-10)8-13/h3-4,7,14H,2,5-6H2,1H3. The van der Waals surface area contributed by atoms with Crippen molar-refractivity contribution in [2.75, 3.05) is 18.6 Å². The highest BCUT2D eigenvalue weighted by molar-refractivity contribution is 7.98. The van der Waals surface area contributed by atoms with Gasteiger partial charge in [0, 0.05) is 6.54 Å². The highest BCUT2D eigenvalue weighted by Gasteiger charge is 2.15. The fourth-order valence-corrected chi connectivity index (χ4v) is 2.80. The average Bonchev–Trinajstić information content (AvgIpc) is 2.35. The third-order valence-electron chi connectivity index (χ3n) is 2.19. The summed E-state index contributed by atoms with van der Waals surface area (Å²) in [7, 11) is -3.67. The normalized spacial score (nSPS) is 11.2. The zero-order chi connectivity index (χ0) is 13.6. The van der Waals surface area contributed by atoms with Gasteiger partial charge in [-0.3, -0.25) is 0 Å². The summed E-state index contributed by atoms with van der Waals surface area (Å²) in [5.41, 5.74) is -0.276. The van der Waals surface area contributed by atoms with E-state index in [1.54, 1.807) is 17.8 Å². The summed E-state index contributed by atoms with van der Waals surface area (Å²) in [4.78, 5) is -0.0930. The number of nitrogens with one attached hydrogen (secondary N) is 1. The summed E-state index contributed by atoms with van der Waals surface area (Å²) in [5.74, 6) is 0.133. The lowest BCUT2D eigenvalue weighted by Gasteiger charge is -2.06. The zero-order valence-corrected chi connectivity index (χ0v) is 11.4. The number of hydrogen-bond donors (Lipinski definition) is 1. The van der Waals surface area contributed by atoms with Crippen LogP contribution in [0.4, 0.5) is 4.39 Å². The number of benzene rings is 1. The molecule has 1 rings (SSSR count). The Labute approximate surface area is 110 Å². The first-order chi connectivity index (χ1) is 8.51. The smallest absolute Gasteiger partial charge is 0.211 e. The molecule has 4 nitrogen and oxygen atoms in total. The highest BCUT2D eigenvalue weighted by atomic mass is 32.2. The molecule has 0 saturated heterocycles. The van der Waals surface area contributed by atoms with E-state index in [2.05, 4.69) is 4.72 Å². The molecular formula is C11H13FN2O2S2. The number of sulfonamides is 1. The van der Waals surface area contributed by atoms with Crippen LogP contribution in [0.2, 0.25) is 0 Å². The lowest BCUT2D eigenvalue weighted by molar-refractivity contribution is 0.580. The van der Waals surface area contributed by atoms with Gasteiger partial charge in [-0.05, 0) is 36.6 Å². The van der Waals surface area contributed by atoms with Crippen molar-refractivity contribution in [1.82, 2.24) is 4.72 Å². The first-order valence-corrected chi connectivity index (χ1v) is 8.07. The van der Waals surface area contributed by atoms with Crippen molar-refractivity contribution in [2.45, 2.75) is 11.3 Å². The van der Waals surface area contributed by atoms with Gasteiger partial charge in [0.25, 0.3) is 0 Å². The van der Waals surface area contributed by atoms with E-state index in [1.807, 2.05) is 6.26 Å². The number of nitrogens with zero attached hydrogens (tertiary/aromatic N) is 1. The second-order valence-electron chi connectivity index (χ2n) is 3.50. The molecule has 0 spiro atoms. The van der Waals surface area contributed by atoms with Crippen LogP contribution in [0, 0.1) is 17.1 Å². The van der Waals surface area contributed by atoms with E-state index in [0.29, 0.717) is 13.0 Å². The van der Waals surface area contributed by atoms with Crippen molar-refractivity contribution >= 4 is 21.8 Å². The molecule has 0 saturated carbocycles. The maximum absolute atomic E-state index is 13.1. The molecule has 0 fully saturated rings. The van der Waals surface area contributed by atoms with Crippen LogP contribution in [-0.4, -0.2) is 27.0 Å². The zero-order valence-electron chi connectivity index (χ0n) is 9.81. The Morgan fingerprint density at radius 2 is 2.22 bits per heavy atom. The Morgan fingerprint density at radius 1 is 1.50 bits per heavy atom. The van der Waals surface area contributed by atoms with Crippen LogP contribution in [0.5, 0.6) is 0 Å². The van der Waals surface area contributed by atoms with Gasteiger partial charge in [-0.15, -0.1) is 0 Å². The Kier molecular flexibility index (Phi) is 5.59. The van der Waals surface area contributed by atoms with Gasteiger partial charge in [-0.25, -0.2) is 17.5 Å². The van der Waals surface area contributed by atoms with Crippen molar-refractivity contribution in [3.63, 3.8) is 0 Å². The molecule has 0 atom stereocenters. The summed E-state index contributed by atoms with van der Waals surface area (Å²) < 4.78 is 39.1. The molecule has 0 heterocycles. The molecule has 1 N–H and O–H groups in total. The molecule has 1 aromatic carbocycles. The first-order valence-electron chi connectivity index (χ1n) is 5.19. The van der Waals surface area contributed by atoms with Crippen molar-refractivity contribution in [1.29, 1.82) is 5.26 Å². The second-order valence-corrected chi connectivity index (χ2v) is 6.25. The minimum absolute atomic E-state index is 0.0930. The molecular weight excluding hydrogens is 275 g/mol. The van der Waals surface area contributed by atoms with Crippen LogP contribution in [0.25, 0.3) is 0 Å². The van der Waals surface area contributed by atoms with Crippen LogP contribution in [0.3, 0.4) is 0 Å². The Balaban J connectivity index is 2.83. The summed E-state index contributed by atoms with van der Waals surface area (Å²) in [6.07, 6.45) is 2.65. The Bertz CT molecular complexity index is 553. The third-order valence-corrected chi connectivity index (χ3v) is 4.34. The third kappa shape index (κ3) is 3.98. The summed E-state index contributed by atoms with van der Waals surface area (Å²) >= 11 is 1.63. The quantitative estimate of drug-likeness (QED) is 0.809. The molecule has 0 radical (unpaired) electrons. The van der Waals surface area contributed by atoms with Gasteiger partial charge in [-0.1, -0.05) is 0 Å². The lowest BCUT2D eigenvalue weighted by Crippen LogP contribution is -2.25. The Hall–Kier alpha value is -1.10. The fourth-order valence-electron chi connectivity index (χ4n) is 1.26. The van der Waals surface area contributed by atoms with Crippen molar-refractivity contribution in [3.05, 3.63) is 29.6 Å². The van der Waals surface area contributed by atoms with E-state index in [4.69, 9.17) is 5.26 Å². The summed E-state index contributed by atoms with van der Waals surface area (Å²) in [6, 6.07) is 4.77. The lowest BCUT2D eigenvalue weighted by atomic mass is 10.2. The number of hydrogen-bond acceptors (Lipinski definition) is 4. The molecule has 0 aliphatic heterocycles. The molecule has 0 unspecified atom stereocenters.